The minimum absolute atomic E-state index is 0.811. The van der Waals surface area contributed by atoms with Gasteiger partial charge in [-0.05, 0) is 28.8 Å². The van der Waals surface area contributed by atoms with Crippen molar-refractivity contribution in [1.29, 1.82) is 0 Å². The smallest absolute Gasteiger partial charge is 0.0649 e. The van der Waals surface area contributed by atoms with E-state index in [9.17, 15) is 0 Å². The van der Waals surface area contributed by atoms with Crippen LogP contribution in [0.2, 0.25) is 0 Å². The number of aryl methyl sites for hydroxylation is 1. The SMILES string of the molecule is Cc1cccc(-c2ccc3cccc4c3c2C(=S)C4=S)c1. The number of hydrogen-bond acceptors (Lipinski definition) is 2. The van der Waals surface area contributed by atoms with Gasteiger partial charge in [-0.15, -0.1) is 0 Å². The lowest BCUT2D eigenvalue weighted by atomic mass is 9.94. The quantitative estimate of drug-likeness (QED) is 0.562. The molecule has 0 radical (unpaired) electrons. The van der Waals surface area contributed by atoms with Crippen molar-refractivity contribution in [2.75, 3.05) is 0 Å². The zero-order valence-electron chi connectivity index (χ0n) is 11.5. The Kier molecular flexibility index (Phi) is 2.78. The Hall–Kier alpha value is -1.90. The number of rotatable bonds is 1. The third-order valence-electron chi connectivity index (χ3n) is 4.05. The van der Waals surface area contributed by atoms with Crippen LogP contribution < -0.4 is 0 Å². The van der Waals surface area contributed by atoms with Crippen LogP contribution in [-0.4, -0.2) is 9.73 Å². The molecule has 0 aliphatic heterocycles. The van der Waals surface area contributed by atoms with E-state index < -0.39 is 0 Å². The van der Waals surface area contributed by atoms with Crippen LogP contribution in [0.3, 0.4) is 0 Å². The van der Waals surface area contributed by atoms with Gasteiger partial charge in [0.25, 0.3) is 0 Å². The van der Waals surface area contributed by atoms with E-state index in [4.69, 9.17) is 24.4 Å². The molecule has 0 heterocycles. The molecule has 0 bridgehead atoms. The van der Waals surface area contributed by atoms with E-state index in [1.807, 2.05) is 6.07 Å². The zero-order valence-corrected chi connectivity index (χ0v) is 13.1. The first-order valence-corrected chi connectivity index (χ1v) is 7.70. The Balaban J connectivity index is 2.13. The largest absolute Gasteiger partial charge is 0.0778 e. The minimum Gasteiger partial charge on any atom is -0.0778 e. The van der Waals surface area contributed by atoms with E-state index in [-0.39, 0.29) is 0 Å². The standard InChI is InChI=1S/C19H12S2/c1-11-4-2-6-13(10-11)14-9-8-12-5-3-7-15-16(12)17(14)19(21)18(15)20/h2-10H,1H3. The van der Waals surface area contributed by atoms with Gasteiger partial charge in [-0.3, -0.25) is 0 Å². The van der Waals surface area contributed by atoms with Gasteiger partial charge in [0, 0.05) is 11.1 Å². The second-order valence-electron chi connectivity index (χ2n) is 5.42. The fraction of sp³-hybridized carbons (Fsp3) is 0.0526. The van der Waals surface area contributed by atoms with Crippen LogP contribution >= 0.6 is 24.4 Å². The molecular weight excluding hydrogens is 292 g/mol. The first-order valence-electron chi connectivity index (χ1n) is 6.88. The van der Waals surface area contributed by atoms with Gasteiger partial charge in [-0.1, -0.05) is 84.6 Å². The minimum atomic E-state index is 0.811. The highest BCUT2D eigenvalue weighted by atomic mass is 32.1. The summed E-state index contributed by atoms with van der Waals surface area (Å²) in [6, 6.07) is 19.1. The Morgan fingerprint density at radius 1 is 0.762 bits per heavy atom. The average Bonchev–Trinajstić information content (AvgIpc) is 2.75. The first kappa shape index (κ1) is 12.8. The van der Waals surface area contributed by atoms with Crippen LogP contribution in [0.4, 0.5) is 0 Å². The Bertz CT molecular complexity index is 935. The summed E-state index contributed by atoms with van der Waals surface area (Å²) in [5, 5.41) is 2.42. The molecule has 4 rings (SSSR count). The van der Waals surface area contributed by atoms with Crippen LogP contribution in [0.15, 0.2) is 54.6 Å². The molecular formula is C19H12S2. The molecule has 1 aliphatic rings. The van der Waals surface area contributed by atoms with E-state index in [0.29, 0.717) is 0 Å². The second-order valence-corrected chi connectivity index (χ2v) is 6.24. The van der Waals surface area contributed by atoms with Crippen molar-refractivity contribution < 1.29 is 0 Å². The van der Waals surface area contributed by atoms with Crippen molar-refractivity contribution in [3.63, 3.8) is 0 Å². The van der Waals surface area contributed by atoms with Crippen molar-refractivity contribution in [2.24, 2.45) is 0 Å². The van der Waals surface area contributed by atoms with Crippen LogP contribution in [-0.2, 0) is 0 Å². The van der Waals surface area contributed by atoms with E-state index in [1.165, 1.54) is 27.5 Å². The van der Waals surface area contributed by atoms with Crippen molar-refractivity contribution in [1.82, 2.24) is 0 Å². The number of benzene rings is 3. The molecule has 3 aromatic carbocycles. The molecule has 0 atom stereocenters. The molecule has 0 amide bonds. The zero-order chi connectivity index (χ0) is 14.6. The van der Waals surface area contributed by atoms with Crippen LogP contribution in [0, 0.1) is 6.92 Å². The molecule has 21 heavy (non-hydrogen) atoms. The van der Waals surface area contributed by atoms with Crippen LogP contribution in [0.5, 0.6) is 0 Å². The van der Waals surface area contributed by atoms with E-state index in [0.717, 1.165) is 20.9 Å². The molecule has 0 saturated heterocycles. The van der Waals surface area contributed by atoms with E-state index in [1.54, 1.807) is 0 Å². The summed E-state index contributed by atoms with van der Waals surface area (Å²) in [5.74, 6) is 0. The highest BCUT2D eigenvalue weighted by Gasteiger charge is 2.26. The molecule has 0 spiro atoms. The highest BCUT2D eigenvalue weighted by Crippen LogP contribution is 2.38. The number of hydrogen-bond donors (Lipinski definition) is 0. The van der Waals surface area contributed by atoms with Crippen molar-refractivity contribution in [3.8, 4) is 11.1 Å². The van der Waals surface area contributed by atoms with Crippen LogP contribution in [0.25, 0.3) is 21.9 Å². The van der Waals surface area contributed by atoms with Crippen molar-refractivity contribution in [2.45, 2.75) is 6.92 Å². The maximum absolute atomic E-state index is 5.64. The molecule has 100 valence electrons. The molecule has 0 aromatic heterocycles. The summed E-state index contributed by atoms with van der Waals surface area (Å²) in [6.45, 7) is 2.11. The third-order valence-corrected chi connectivity index (χ3v) is 5.01. The Labute approximate surface area is 134 Å². The van der Waals surface area contributed by atoms with Gasteiger partial charge < -0.3 is 0 Å². The summed E-state index contributed by atoms with van der Waals surface area (Å²) in [4.78, 5) is 1.62. The van der Waals surface area contributed by atoms with Gasteiger partial charge in [0.15, 0.2) is 0 Å². The lowest BCUT2D eigenvalue weighted by molar-refractivity contribution is 1.47. The van der Waals surface area contributed by atoms with Crippen molar-refractivity contribution >= 4 is 44.9 Å². The molecule has 1 aliphatic carbocycles. The summed E-state index contributed by atoms with van der Waals surface area (Å²) >= 11 is 11.2. The molecule has 0 unspecified atom stereocenters. The van der Waals surface area contributed by atoms with Crippen molar-refractivity contribution in [3.05, 3.63) is 71.3 Å². The second kappa shape index (κ2) is 4.55. The lowest BCUT2D eigenvalue weighted by Crippen LogP contribution is -2.04. The molecule has 3 aromatic rings. The maximum atomic E-state index is 5.64. The molecule has 0 saturated carbocycles. The van der Waals surface area contributed by atoms with Gasteiger partial charge in [0.2, 0.25) is 0 Å². The predicted molar refractivity (Wildman–Crippen MR) is 97.5 cm³/mol. The topological polar surface area (TPSA) is 0 Å². The predicted octanol–water partition coefficient (Wildman–Crippen LogP) is 5.26. The fourth-order valence-electron chi connectivity index (χ4n) is 3.09. The van der Waals surface area contributed by atoms with Gasteiger partial charge in [-0.25, -0.2) is 0 Å². The van der Waals surface area contributed by atoms with E-state index in [2.05, 4.69) is 55.5 Å². The van der Waals surface area contributed by atoms with Gasteiger partial charge in [-0.2, -0.15) is 0 Å². The summed E-state index contributed by atoms with van der Waals surface area (Å²) in [6.07, 6.45) is 0. The third kappa shape index (κ3) is 1.80. The molecule has 0 N–H and O–H groups in total. The maximum Gasteiger partial charge on any atom is 0.0649 e. The molecule has 0 fully saturated rings. The summed E-state index contributed by atoms with van der Waals surface area (Å²) in [5.41, 5.74) is 5.88. The highest BCUT2D eigenvalue weighted by molar-refractivity contribution is 7.90. The lowest BCUT2D eigenvalue weighted by Gasteiger charge is -2.10. The monoisotopic (exact) mass is 304 g/mol. The Morgan fingerprint density at radius 3 is 2.38 bits per heavy atom. The summed E-state index contributed by atoms with van der Waals surface area (Å²) in [7, 11) is 0. The van der Waals surface area contributed by atoms with Crippen LogP contribution in [0.1, 0.15) is 16.7 Å². The van der Waals surface area contributed by atoms with Gasteiger partial charge >= 0.3 is 0 Å². The molecule has 0 nitrogen and oxygen atoms in total. The van der Waals surface area contributed by atoms with Gasteiger partial charge in [0.05, 0.1) is 9.73 Å². The van der Waals surface area contributed by atoms with E-state index >= 15 is 0 Å². The molecule has 2 heteroatoms. The Morgan fingerprint density at radius 2 is 1.57 bits per heavy atom. The summed E-state index contributed by atoms with van der Waals surface area (Å²) < 4.78 is 0. The normalized spacial score (nSPS) is 13.2. The first-order chi connectivity index (χ1) is 10.2. The average molecular weight is 304 g/mol. The number of thiocarbonyl (C=S) groups is 2. The van der Waals surface area contributed by atoms with Gasteiger partial charge in [0.1, 0.15) is 0 Å². The fourth-order valence-corrected chi connectivity index (χ4v) is 3.69.